The number of urea groups is 1. The van der Waals surface area contributed by atoms with Crippen LogP contribution in [0.1, 0.15) is 83.1 Å². The van der Waals surface area contributed by atoms with Gasteiger partial charge in [-0.3, -0.25) is 0 Å². The Balaban J connectivity index is 1.64. The number of nitrogens with zero attached hydrogens (tertiary/aromatic N) is 1. The molecule has 3 rings (SSSR count). The molecule has 1 unspecified atom stereocenters. The number of hydrogen-bond donors (Lipinski definition) is 3. The maximum absolute atomic E-state index is 13.1. The Hall–Kier alpha value is -1.59. The average molecular weight is 430 g/mol. The summed E-state index contributed by atoms with van der Waals surface area (Å²) in [6, 6.07) is 10.1. The van der Waals surface area contributed by atoms with E-state index in [1.807, 2.05) is 35.2 Å². The Morgan fingerprint density at radius 2 is 1.94 bits per heavy atom. The second kappa shape index (κ2) is 11.9. The minimum Gasteiger partial charge on any atom is -0.385 e. The van der Waals surface area contributed by atoms with E-state index in [4.69, 9.17) is 5.73 Å². The highest BCUT2D eigenvalue weighted by atomic mass is 16.3. The maximum atomic E-state index is 13.1. The van der Waals surface area contributed by atoms with Crippen molar-refractivity contribution in [3.05, 3.63) is 35.9 Å². The maximum Gasteiger partial charge on any atom is 0.317 e. The minimum absolute atomic E-state index is 0.0122. The average Bonchev–Trinajstić information content (AvgIpc) is 2.83. The Morgan fingerprint density at radius 1 is 1.19 bits per heavy atom. The molecular formula is C26H43N3O2. The highest BCUT2D eigenvalue weighted by molar-refractivity contribution is 5.74. The summed E-state index contributed by atoms with van der Waals surface area (Å²) in [5.74, 6) is 0.740. The summed E-state index contributed by atoms with van der Waals surface area (Å²) in [5, 5.41) is 15.0. The van der Waals surface area contributed by atoms with Crippen LogP contribution in [-0.4, -0.2) is 41.7 Å². The molecule has 0 bridgehead atoms. The van der Waals surface area contributed by atoms with E-state index in [0.717, 1.165) is 50.6 Å². The zero-order chi connectivity index (χ0) is 22.1. The van der Waals surface area contributed by atoms with Crippen LogP contribution in [-0.2, 0) is 5.60 Å². The number of nitrogens with two attached hydrogens (primary N) is 1. The van der Waals surface area contributed by atoms with E-state index in [1.165, 1.54) is 32.1 Å². The first kappa shape index (κ1) is 24.1. The van der Waals surface area contributed by atoms with E-state index in [1.54, 1.807) is 0 Å². The fourth-order valence-corrected chi connectivity index (χ4v) is 5.61. The lowest BCUT2D eigenvalue weighted by Gasteiger charge is -2.43. The predicted octanol–water partition coefficient (Wildman–Crippen LogP) is 4.78. The van der Waals surface area contributed by atoms with Gasteiger partial charge in [-0.2, -0.15) is 0 Å². The van der Waals surface area contributed by atoms with Crippen LogP contribution in [0.2, 0.25) is 0 Å². The number of carbonyl (C=O) groups is 1. The van der Waals surface area contributed by atoms with Crippen molar-refractivity contribution in [2.75, 3.05) is 19.6 Å². The molecule has 2 aliphatic rings. The van der Waals surface area contributed by atoms with Crippen LogP contribution in [0, 0.1) is 11.8 Å². The third-order valence-electron chi connectivity index (χ3n) is 7.52. The molecule has 2 amide bonds. The lowest BCUT2D eigenvalue weighted by atomic mass is 9.74. The van der Waals surface area contributed by atoms with Crippen molar-refractivity contribution in [1.29, 1.82) is 0 Å². The van der Waals surface area contributed by atoms with Crippen LogP contribution in [0.5, 0.6) is 0 Å². The molecule has 31 heavy (non-hydrogen) atoms. The van der Waals surface area contributed by atoms with E-state index in [0.29, 0.717) is 19.0 Å². The zero-order valence-corrected chi connectivity index (χ0v) is 19.4. The second-order valence-electron chi connectivity index (χ2n) is 9.80. The number of nitrogens with one attached hydrogen (secondary N) is 1. The number of benzene rings is 1. The molecule has 1 saturated carbocycles. The smallest absolute Gasteiger partial charge is 0.317 e. The van der Waals surface area contributed by atoms with Crippen molar-refractivity contribution in [3.63, 3.8) is 0 Å². The summed E-state index contributed by atoms with van der Waals surface area (Å²) in [5.41, 5.74) is 6.12. The van der Waals surface area contributed by atoms with Crippen LogP contribution < -0.4 is 11.1 Å². The standard InChI is InChI=1S/C26H43N3O2/c1-2-3-16-26(31,22-13-8-5-9-14-22)23-15-10-17-29(20-23)25(30)28-24(19-27)18-21-11-6-4-7-12-21/h5,8-9,13-14,21,23-24,31H,2-4,6-7,10-12,15-20,27H2,1H3,(H,28,30)/t23-,24?,26-/m1/s1. The van der Waals surface area contributed by atoms with Gasteiger partial charge in [0.2, 0.25) is 0 Å². The number of likely N-dealkylation sites (tertiary alicyclic amines) is 1. The van der Waals surface area contributed by atoms with Crippen molar-refractivity contribution in [2.45, 2.75) is 89.2 Å². The molecule has 3 atom stereocenters. The zero-order valence-electron chi connectivity index (χ0n) is 19.4. The van der Waals surface area contributed by atoms with Crippen LogP contribution in [0.3, 0.4) is 0 Å². The molecule has 1 aromatic carbocycles. The molecule has 1 aliphatic heterocycles. The fraction of sp³-hybridized carbons (Fsp3) is 0.731. The fourth-order valence-electron chi connectivity index (χ4n) is 5.61. The summed E-state index contributed by atoms with van der Waals surface area (Å²) in [6.45, 7) is 4.00. The molecule has 0 spiro atoms. The topological polar surface area (TPSA) is 78.6 Å². The van der Waals surface area contributed by atoms with Crippen LogP contribution in [0.25, 0.3) is 0 Å². The van der Waals surface area contributed by atoms with Gasteiger partial charge in [-0.05, 0) is 37.2 Å². The molecule has 4 N–H and O–H groups in total. The third kappa shape index (κ3) is 6.45. The van der Waals surface area contributed by atoms with Gasteiger partial charge in [0.1, 0.15) is 0 Å². The third-order valence-corrected chi connectivity index (χ3v) is 7.52. The molecule has 174 valence electrons. The number of aliphatic hydroxyl groups is 1. The number of hydrogen-bond acceptors (Lipinski definition) is 3. The highest BCUT2D eigenvalue weighted by Crippen LogP contribution is 2.39. The first-order chi connectivity index (χ1) is 15.1. The monoisotopic (exact) mass is 429 g/mol. The normalized spacial score (nSPS) is 23.2. The van der Waals surface area contributed by atoms with Crippen molar-refractivity contribution >= 4 is 6.03 Å². The number of piperidine rings is 1. The summed E-state index contributed by atoms with van der Waals surface area (Å²) < 4.78 is 0. The van der Waals surface area contributed by atoms with Gasteiger partial charge in [-0.15, -0.1) is 0 Å². The molecule has 5 heteroatoms. The van der Waals surface area contributed by atoms with Gasteiger partial charge in [0.25, 0.3) is 0 Å². The van der Waals surface area contributed by atoms with E-state index < -0.39 is 5.60 Å². The second-order valence-corrected chi connectivity index (χ2v) is 9.80. The van der Waals surface area contributed by atoms with Gasteiger partial charge in [0.05, 0.1) is 5.60 Å². The van der Waals surface area contributed by atoms with Crippen molar-refractivity contribution in [3.8, 4) is 0 Å². The summed E-state index contributed by atoms with van der Waals surface area (Å²) in [7, 11) is 0. The molecule has 1 heterocycles. The molecule has 1 aliphatic carbocycles. The highest BCUT2D eigenvalue weighted by Gasteiger charge is 2.41. The number of rotatable bonds is 9. The van der Waals surface area contributed by atoms with Gasteiger partial charge in [-0.25, -0.2) is 4.79 Å². The van der Waals surface area contributed by atoms with Crippen LogP contribution in [0.4, 0.5) is 4.79 Å². The Labute approximate surface area is 188 Å². The molecule has 1 saturated heterocycles. The van der Waals surface area contributed by atoms with E-state index in [2.05, 4.69) is 12.2 Å². The molecule has 2 fully saturated rings. The summed E-state index contributed by atoms with van der Waals surface area (Å²) in [6.07, 6.45) is 12.1. The Kier molecular flexibility index (Phi) is 9.21. The molecular weight excluding hydrogens is 386 g/mol. The Morgan fingerprint density at radius 3 is 2.61 bits per heavy atom. The van der Waals surface area contributed by atoms with Crippen molar-refractivity contribution in [2.24, 2.45) is 17.6 Å². The molecule has 1 aromatic rings. The lowest BCUT2D eigenvalue weighted by Crippen LogP contribution is -2.53. The summed E-state index contributed by atoms with van der Waals surface area (Å²) in [4.78, 5) is 15.0. The first-order valence-electron chi connectivity index (χ1n) is 12.6. The first-order valence-corrected chi connectivity index (χ1v) is 12.6. The number of unbranched alkanes of at least 4 members (excludes halogenated alkanes) is 1. The lowest BCUT2D eigenvalue weighted by molar-refractivity contribution is -0.0555. The predicted molar refractivity (Wildman–Crippen MR) is 127 cm³/mol. The Bertz CT molecular complexity index is 662. The van der Waals surface area contributed by atoms with Gasteiger partial charge in [0, 0.05) is 31.6 Å². The molecule has 0 aromatic heterocycles. The van der Waals surface area contributed by atoms with E-state index >= 15 is 0 Å². The van der Waals surface area contributed by atoms with Gasteiger partial charge >= 0.3 is 6.03 Å². The van der Waals surface area contributed by atoms with Crippen LogP contribution >= 0.6 is 0 Å². The number of amides is 2. The summed E-state index contributed by atoms with van der Waals surface area (Å²) >= 11 is 0. The van der Waals surface area contributed by atoms with Crippen molar-refractivity contribution in [1.82, 2.24) is 10.2 Å². The molecule has 0 radical (unpaired) electrons. The van der Waals surface area contributed by atoms with Gasteiger partial charge in [-0.1, -0.05) is 82.2 Å². The molecule has 5 nitrogen and oxygen atoms in total. The van der Waals surface area contributed by atoms with E-state index in [9.17, 15) is 9.90 Å². The largest absolute Gasteiger partial charge is 0.385 e. The van der Waals surface area contributed by atoms with Gasteiger partial charge in [0.15, 0.2) is 0 Å². The van der Waals surface area contributed by atoms with Crippen molar-refractivity contribution < 1.29 is 9.90 Å². The van der Waals surface area contributed by atoms with Crippen LogP contribution in [0.15, 0.2) is 30.3 Å². The number of carbonyl (C=O) groups excluding carboxylic acids is 1. The van der Waals surface area contributed by atoms with Gasteiger partial charge < -0.3 is 21.1 Å². The minimum atomic E-state index is -0.883. The quantitative estimate of drug-likeness (QED) is 0.528. The SMILES string of the molecule is CCCC[C@@](O)(c1ccccc1)[C@@H]1CCCN(C(=O)NC(CN)CC2CCCCC2)C1. The van der Waals surface area contributed by atoms with E-state index in [-0.39, 0.29) is 18.0 Å².